The van der Waals surface area contributed by atoms with Crippen LogP contribution in [0.5, 0.6) is 0 Å². The number of nitrogens with one attached hydrogen (secondary N) is 1. The predicted octanol–water partition coefficient (Wildman–Crippen LogP) is 3.27. The molecule has 1 atom stereocenters. The molecule has 0 spiro atoms. The van der Waals surface area contributed by atoms with E-state index in [4.69, 9.17) is 23.2 Å². The van der Waals surface area contributed by atoms with Crippen LogP contribution in [0, 0.1) is 0 Å². The van der Waals surface area contributed by atoms with Gasteiger partial charge in [-0.2, -0.15) is 0 Å². The zero-order valence-electron chi connectivity index (χ0n) is 11.8. The van der Waals surface area contributed by atoms with E-state index in [1.54, 1.807) is 49.5 Å². The molecule has 0 bridgehead atoms. The normalized spacial score (nSPS) is 20.2. The maximum Gasteiger partial charge on any atom is 0.265 e. The standard InChI is InChI=1S/C16H14Cl2N2O2/c1-20-14-7-4-11(18)8-13(14)16(22,15(20)21)9-19-12-5-2-10(17)3-6-12/h2-8,19,22H,9H2,1H3. The number of amides is 1. The fourth-order valence-corrected chi connectivity index (χ4v) is 2.90. The van der Waals surface area contributed by atoms with Crippen LogP contribution in [-0.4, -0.2) is 24.6 Å². The average molecular weight is 337 g/mol. The maximum absolute atomic E-state index is 12.4. The van der Waals surface area contributed by atoms with Crippen molar-refractivity contribution in [2.75, 3.05) is 23.8 Å². The topological polar surface area (TPSA) is 52.6 Å². The van der Waals surface area contributed by atoms with Gasteiger partial charge in [-0.1, -0.05) is 23.2 Å². The first-order valence-corrected chi connectivity index (χ1v) is 7.47. The van der Waals surface area contributed by atoms with Crippen molar-refractivity contribution in [1.29, 1.82) is 0 Å². The maximum atomic E-state index is 12.4. The van der Waals surface area contributed by atoms with E-state index >= 15 is 0 Å². The van der Waals surface area contributed by atoms with E-state index in [1.165, 1.54) is 4.90 Å². The number of likely N-dealkylation sites (N-methyl/N-ethyl adjacent to an activating group) is 1. The number of rotatable bonds is 3. The van der Waals surface area contributed by atoms with E-state index in [-0.39, 0.29) is 12.5 Å². The van der Waals surface area contributed by atoms with Crippen LogP contribution >= 0.6 is 23.2 Å². The third kappa shape index (κ3) is 2.43. The molecule has 0 fully saturated rings. The molecule has 1 amide bonds. The summed E-state index contributed by atoms with van der Waals surface area (Å²) in [5.41, 5.74) is 0.293. The summed E-state index contributed by atoms with van der Waals surface area (Å²) in [6.07, 6.45) is 0. The molecule has 4 nitrogen and oxygen atoms in total. The van der Waals surface area contributed by atoms with Gasteiger partial charge in [-0.25, -0.2) is 0 Å². The number of fused-ring (bicyclic) bond motifs is 1. The Hall–Kier alpha value is -1.75. The van der Waals surface area contributed by atoms with Gasteiger partial charge in [0.25, 0.3) is 5.91 Å². The van der Waals surface area contributed by atoms with Gasteiger partial charge in [0.05, 0.1) is 12.2 Å². The molecular weight excluding hydrogens is 323 g/mol. The number of anilines is 2. The Morgan fingerprint density at radius 3 is 2.45 bits per heavy atom. The quantitative estimate of drug-likeness (QED) is 0.904. The SMILES string of the molecule is CN1C(=O)C(O)(CNc2ccc(Cl)cc2)c2cc(Cl)ccc21. The van der Waals surface area contributed by atoms with Crippen LogP contribution in [0.2, 0.25) is 10.0 Å². The summed E-state index contributed by atoms with van der Waals surface area (Å²) < 4.78 is 0. The van der Waals surface area contributed by atoms with Gasteiger partial charge in [-0.05, 0) is 42.5 Å². The molecule has 2 aromatic carbocycles. The number of aliphatic hydroxyl groups is 1. The molecule has 2 N–H and O–H groups in total. The first-order chi connectivity index (χ1) is 10.4. The van der Waals surface area contributed by atoms with Crippen molar-refractivity contribution in [3.05, 3.63) is 58.1 Å². The van der Waals surface area contributed by atoms with Gasteiger partial charge in [-0.15, -0.1) is 0 Å². The zero-order valence-corrected chi connectivity index (χ0v) is 13.3. The van der Waals surface area contributed by atoms with Crippen molar-refractivity contribution in [3.8, 4) is 0 Å². The summed E-state index contributed by atoms with van der Waals surface area (Å²) in [6, 6.07) is 12.1. The molecule has 0 saturated heterocycles. The van der Waals surface area contributed by atoms with Gasteiger partial charge in [0.15, 0.2) is 5.60 Å². The van der Waals surface area contributed by atoms with Crippen LogP contribution in [0.15, 0.2) is 42.5 Å². The zero-order chi connectivity index (χ0) is 15.9. The molecule has 0 aromatic heterocycles. The number of carbonyl (C=O) groups is 1. The van der Waals surface area contributed by atoms with Gasteiger partial charge in [0, 0.05) is 28.3 Å². The van der Waals surface area contributed by atoms with E-state index in [0.29, 0.717) is 21.3 Å². The number of carbonyl (C=O) groups excluding carboxylic acids is 1. The van der Waals surface area contributed by atoms with Crippen LogP contribution in [0.4, 0.5) is 11.4 Å². The van der Waals surface area contributed by atoms with Crippen LogP contribution < -0.4 is 10.2 Å². The highest BCUT2D eigenvalue weighted by Crippen LogP contribution is 2.40. The van der Waals surface area contributed by atoms with Crippen LogP contribution in [0.3, 0.4) is 0 Å². The lowest BCUT2D eigenvalue weighted by atomic mass is 9.95. The molecule has 114 valence electrons. The first-order valence-electron chi connectivity index (χ1n) is 6.72. The Bertz CT molecular complexity index is 733. The second-order valence-electron chi connectivity index (χ2n) is 5.25. The molecule has 1 aliphatic heterocycles. The minimum absolute atomic E-state index is 0.0468. The number of hydrogen-bond donors (Lipinski definition) is 2. The summed E-state index contributed by atoms with van der Waals surface area (Å²) in [7, 11) is 1.63. The Morgan fingerprint density at radius 1 is 1.14 bits per heavy atom. The third-order valence-corrected chi connectivity index (χ3v) is 4.30. The highest BCUT2D eigenvalue weighted by molar-refractivity contribution is 6.31. The lowest BCUT2D eigenvalue weighted by Crippen LogP contribution is -2.43. The Balaban J connectivity index is 1.90. The second kappa shape index (κ2) is 5.47. The fourth-order valence-electron chi connectivity index (χ4n) is 2.60. The van der Waals surface area contributed by atoms with E-state index in [0.717, 1.165) is 5.69 Å². The lowest BCUT2D eigenvalue weighted by Gasteiger charge is -2.23. The molecule has 2 aromatic rings. The van der Waals surface area contributed by atoms with Gasteiger partial charge >= 0.3 is 0 Å². The number of benzene rings is 2. The minimum atomic E-state index is -1.64. The second-order valence-corrected chi connectivity index (χ2v) is 6.12. The smallest absolute Gasteiger partial charge is 0.265 e. The largest absolute Gasteiger partial charge is 0.381 e. The number of halogens is 2. The van der Waals surface area contributed by atoms with Gasteiger partial charge in [0.1, 0.15) is 0 Å². The molecule has 22 heavy (non-hydrogen) atoms. The van der Waals surface area contributed by atoms with E-state index < -0.39 is 5.60 Å². The summed E-state index contributed by atoms with van der Waals surface area (Å²) in [5, 5.41) is 15.1. The van der Waals surface area contributed by atoms with Crippen molar-refractivity contribution >= 4 is 40.5 Å². The molecular formula is C16H14Cl2N2O2. The van der Waals surface area contributed by atoms with E-state index in [1.807, 2.05) is 0 Å². The van der Waals surface area contributed by atoms with Crippen LogP contribution in [0.1, 0.15) is 5.56 Å². The van der Waals surface area contributed by atoms with E-state index in [9.17, 15) is 9.90 Å². The monoisotopic (exact) mass is 336 g/mol. The fraction of sp³-hybridized carbons (Fsp3) is 0.188. The lowest BCUT2D eigenvalue weighted by molar-refractivity contribution is -0.134. The summed E-state index contributed by atoms with van der Waals surface area (Å²) >= 11 is 11.8. The van der Waals surface area contributed by atoms with Crippen molar-refractivity contribution in [2.24, 2.45) is 0 Å². The number of hydrogen-bond acceptors (Lipinski definition) is 3. The third-order valence-electron chi connectivity index (χ3n) is 3.82. The summed E-state index contributed by atoms with van der Waals surface area (Å²) in [4.78, 5) is 13.9. The Labute approximate surface area is 138 Å². The molecule has 0 saturated carbocycles. The van der Waals surface area contributed by atoms with Crippen molar-refractivity contribution in [2.45, 2.75) is 5.60 Å². The van der Waals surface area contributed by atoms with Gasteiger partial charge in [0.2, 0.25) is 0 Å². The molecule has 1 aliphatic rings. The first kappa shape index (κ1) is 15.2. The average Bonchev–Trinajstić information content (AvgIpc) is 2.69. The molecule has 1 heterocycles. The van der Waals surface area contributed by atoms with Gasteiger partial charge in [-0.3, -0.25) is 4.79 Å². The number of nitrogens with zero attached hydrogens (tertiary/aromatic N) is 1. The van der Waals surface area contributed by atoms with Crippen LogP contribution in [-0.2, 0) is 10.4 Å². The molecule has 0 radical (unpaired) electrons. The molecule has 6 heteroatoms. The van der Waals surface area contributed by atoms with Gasteiger partial charge < -0.3 is 15.3 Å². The minimum Gasteiger partial charge on any atom is -0.381 e. The summed E-state index contributed by atoms with van der Waals surface area (Å²) in [6.45, 7) is 0.0468. The predicted molar refractivity (Wildman–Crippen MR) is 88.7 cm³/mol. The van der Waals surface area contributed by atoms with Crippen LogP contribution in [0.25, 0.3) is 0 Å². The van der Waals surface area contributed by atoms with Crippen molar-refractivity contribution < 1.29 is 9.90 Å². The van der Waals surface area contributed by atoms with E-state index in [2.05, 4.69) is 5.32 Å². The van der Waals surface area contributed by atoms with Crippen molar-refractivity contribution in [3.63, 3.8) is 0 Å². The molecule has 0 aliphatic carbocycles. The van der Waals surface area contributed by atoms with Crippen molar-refractivity contribution in [1.82, 2.24) is 0 Å². The highest BCUT2D eigenvalue weighted by Gasteiger charge is 2.48. The molecule has 3 rings (SSSR count). The summed E-state index contributed by atoms with van der Waals surface area (Å²) in [5.74, 6) is -0.383. The molecule has 1 unspecified atom stereocenters. The highest BCUT2D eigenvalue weighted by atomic mass is 35.5. The Kier molecular flexibility index (Phi) is 3.77. The Morgan fingerprint density at radius 2 is 1.77 bits per heavy atom.